The lowest BCUT2D eigenvalue weighted by Gasteiger charge is -2.21. The third-order valence-corrected chi connectivity index (χ3v) is 6.00. The highest BCUT2D eigenvalue weighted by atomic mass is 35.5. The van der Waals surface area contributed by atoms with Crippen molar-refractivity contribution < 1.29 is 14.3 Å². The van der Waals surface area contributed by atoms with Gasteiger partial charge in [-0.25, -0.2) is 4.98 Å². The maximum atomic E-state index is 13.1. The minimum atomic E-state index is -0.186. The molecule has 0 aliphatic heterocycles. The lowest BCUT2D eigenvalue weighted by Crippen LogP contribution is -2.36. The Labute approximate surface area is 196 Å². The average Bonchev–Trinajstić information content (AvgIpc) is 3.13. The zero-order chi connectivity index (χ0) is 22.4. The van der Waals surface area contributed by atoms with Crippen molar-refractivity contribution in [1.29, 1.82) is 0 Å². The quantitative estimate of drug-likeness (QED) is 0.389. The van der Waals surface area contributed by atoms with Crippen LogP contribution in [0.15, 0.2) is 36.4 Å². The van der Waals surface area contributed by atoms with Crippen molar-refractivity contribution in [2.24, 2.45) is 0 Å². The molecule has 3 rings (SSSR count). The minimum absolute atomic E-state index is 0.149. The van der Waals surface area contributed by atoms with Crippen LogP contribution in [0.25, 0.3) is 10.2 Å². The van der Waals surface area contributed by atoms with Crippen molar-refractivity contribution in [3.05, 3.63) is 46.4 Å². The number of amides is 1. The minimum Gasteiger partial charge on any atom is -0.494 e. The van der Waals surface area contributed by atoms with Gasteiger partial charge in [0.15, 0.2) is 11.7 Å². The maximum Gasteiger partial charge on any atom is 0.266 e. The van der Waals surface area contributed by atoms with Crippen molar-refractivity contribution in [1.82, 2.24) is 9.88 Å². The predicted octanol–water partition coefficient (Wildman–Crippen LogP) is 5.37. The number of thiazole rings is 1. The van der Waals surface area contributed by atoms with Gasteiger partial charge in [-0.15, -0.1) is 0 Å². The molecule has 9 heteroatoms. The molecule has 31 heavy (non-hydrogen) atoms. The van der Waals surface area contributed by atoms with Crippen LogP contribution in [-0.4, -0.2) is 56.2 Å². The van der Waals surface area contributed by atoms with E-state index in [1.54, 1.807) is 23.1 Å². The Kier molecular flexibility index (Phi) is 8.37. The van der Waals surface area contributed by atoms with Crippen LogP contribution >= 0.6 is 34.5 Å². The van der Waals surface area contributed by atoms with Gasteiger partial charge in [-0.05, 0) is 70.4 Å². The Bertz CT molecular complexity index is 1040. The van der Waals surface area contributed by atoms with Crippen LogP contribution in [0.2, 0.25) is 10.0 Å². The fourth-order valence-electron chi connectivity index (χ4n) is 2.95. The molecular formula is C22H25Cl2N3O3S. The van der Waals surface area contributed by atoms with Crippen molar-refractivity contribution >= 4 is 55.8 Å². The molecule has 3 aromatic rings. The van der Waals surface area contributed by atoms with Gasteiger partial charge in [-0.2, -0.15) is 0 Å². The number of rotatable bonds is 10. The molecule has 1 aromatic heterocycles. The normalized spacial score (nSPS) is 11.2. The summed E-state index contributed by atoms with van der Waals surface area (Å²) < 4.78 is 12.2. The number of halogens is 2. The standard InChI is InChI=1S/C22H25Cl2N3O3S/c1-4-29-16-7-8-18-20(13-16)31-22(25-18)27(11-5-10-26(2)3)21(28)14-30-19-9-6-15(23)12-17(19)24/h6-9,12-13H,4-5,10-11,14H2,1-3H3. The molecule has 0 bridgehead atoms. The first-order valence-electron chi connectivity index (χ1n) is 9.93. The van der Waals surface area contributed by atoms with E-state index in [4.69, 9.17) is 32.7 Å². The van der Waals surface area contributed by atoms with Crippen LogP contribution in [-0.2, 0) is 4.79 Å². The molecule has 1 heterocycles. The first-order valence-corrected chi connectivity index (χ1v) is 11.5. The summed E-state index contributed by atoms with van der Waals surface area (Å²) >= 11 is 13.5. The molecule has 166 valence electrons. The molecule has 0 N–H and O–H groups in total. The SMILES string of the molecule is CCOc1ccc2nc(N(CCCN(C)C)C(=O)COc3ccc(Cl)cc3Cl)sc2c1. The molecule has 0 aliphatic carbocycles. The molecule has 0 spiro atoms. The van der Waals surface area contributed by atoms with Crippen LogP contribution < -0.4 is 14.4 Å². The van der Waals surface area contributed by atoms with Crippen LogP contribution in [0.4, 0.5) is 5.13 Å². The van der Waals surface area contributed by atoms with Gasteiger partial charge < -0.3 is 14.4 Å². The molecule has 0 radical (unpaired) electrons. The zero-order valence-electron chi connectivity index (χ0n) is 17.7. The zero-order valence-corrected chi connectivity index (χ0v) is 20.1. The summed E-state index contributed by atoms with van der Waals surface area (Å²) in [5, 5.41) is 1.51. The smallest absolute Gasteiger partial charge is 0.266 e. The van der Waals surface area contributed by atoms with Crippen molar-refractivity contribution in [2.75, 3.05) is 45.3 Å². The van der Waals surface area contributed by atoms with E-state index in [-0.39, 0.29) is 12.5 Å². The predicted molar refractivity (Wildman–Crippen MR) is 128 cm³/mol. The summed E-state index contributed by atoms with van der Waals surface area (Å²) in [5.74, 6) is 1.02. The van der Waals surface area contributed by atoms with Crippen LogP contribution in [0.3, 0.4) is 0 Å². The van der Waals surface area contributed by atoms with Crippen LogP contribution in [0.5, 0.6) is 11.5 Å². The molecule has 0 atom stereocenters. The number of aromatic nitrogens is 1. The molecule has 2 aromatic carbocycles. The Morgan fingerprint density at radius 1 is 1.10 bits per heavy atom. The second-order valence-corrected chi connectivity index (χ2v) is 8.98. The van der Waals surface area contributed by atoms with E-state index in [0.717, 1.165) is 28.9 Å². The molecule has 0 unspecified atom stereocenters. The molecule has 0 saturated heterocycles. The number of nitrogens with zero attached hydrogens (tertiary/aromatic N) is 3. The highest BCUT2D eigenvalue weighted by Gasteiger charge is 2.21. The highest BCUT2D eigenvalue weighted by Crippen LogP contribution is 2.32. The Balaban J connectivity index is 1.79. The summed E-state index contributed by atoms with van der Waals surface area (Å²) in [4.78, 5) is 21.5. The van der Waals surface area contributed by atoms with Gasteiger partial charge in [0.2, 0.25) is 0 Å². The molecule has 1 amide bonds. The van der Waals surface area contributed by atoms with Gasteiger partial charge in [0.05, 0.1) is 21.8 Å². The van der Waals surface area contributed by atoms with Gasteiger partial charge in [0.1, 0.15) is 11.5 Å². The van der Waals surface area contributed by atoms with Gasteiger partial charge in [0.25, 0.3) is 5.91 Å². The van der Waals surface area contributed by atoms with Crippen molar-refractivity contribution in [3.63, 3.8) is 0 Å². The topological polar surface area (TPSA) is 54.9 Å². The second-order valence-electron chi connectivity index (χ2n) is 7.12. The fourth-order valence-corrected chi connectivity index (χ4v) is 4.45. The van der Waals surface area contributed by atoms with E-state index in [2.05, 4.69) is 9.88 Å². The summed E-state index contributed by atoms with van der Waals surface area (Å²) in [6, 6.07) is 10.7. The average molecular weight is 482 g/mol. The van der Waals surface area contributed by atoms with E-state index in [9.17, 15) is 4.79 Å². The maximum absolute atomic E-state index is 13.1. The number of fused-ring (bicyclic) bond motifs is 1. The Morgan fingerprint density at radius 3 is 2.61 bits per heavy atom. The molecule has 0 saturated carbocycles. The molecule has 6 nitrogen and oxygen atoms in total. The number of carbonyl (C=O) groups excluding carboxylic acids is 1. The van der Waals surface area contributed by atoms with Crippen LogP contribution in [0.1, 0.15) is 13.3 Å². The van der Waals surface area contributed by atoms with Gasteiger partial charge >= 0.3 is 0 Å². The lowest BCUT2D eigenvalue weighted by molar-refractivity contribution is -0.120. The second kappa shape index (κ2) is 11.0. The third kappa shape index (κ3) is 6.46. The summed E-state index contributed by atoms with van der Waals surface area (Å²) in [6.45, 7) is 3.78. The number of anilines is 1. The van der Waals surface area contributed by atoms with E-state index in [1.165, 1.54) is 11.3 Å². The summed E-state index contributed by atoms with van der Waals surface area (Å²) in [7, 11) is 4.01. The van der Waals surface area contributed by atoms with Gasteiger partial charge in [0, 0.05) is 11.6 Å². The number of hydrogen-bond donors (Lipinski definition) is 0. The molecule has 0 aliphatic rings. The van der Waals surface area contributed by atoms with E-state index in [0.29, 0.717) is 34.1 Å². The van der Waals surface area contributed by atoms with Crippen molar-refractivity contribution in [3.8, 4) is 11.5 Å². The Morgan fingerprint density at radius 2 is 1.90 bits per heavy atom. The van der Waals surface area contributed by atoms with E-state index < -0.39 is 0 Å². The van der Waals surface area contributed by atoms with E-state index in [1.807, 2.05) is 39.2 Å². The Hall–Kier alpha value is -2.06. The molecular weight excluding hydrogens is 457 g/mol. The number of hydrogen-bond acceptors (Lipinski definition) is 6. The van der Waals surface area contributed by atoms with E-state index >= 15 is 0 Å². The van der Waals surface area contributed by atoms with Crippen molar-refractivity contribution in [2.45, 2.75) is 13.3 Å². The number of ether oxygens (including phenoxy) is 2. The first-order chi connectivity index (χ1) is 14.9. The lowest BCUT2D eigenvalue weighted by atomic mass is 10.3. The third-order valence-electron chi connectivity index (χ3n) is 4.42. The fraction of sp³-hybridized carbons (Fsp3) is 0.364. The summed E-state index contributed by atoms with van der Waals surface area (Å²) in [5.41, 5.74) is 0.829. The number of carbonyl (C=O) groups is 1. The largest absolute Gasteiger partial charge is 0.494 e. The monoisotopic (exact) mass is 481 g/mol. The van der Waals surface area contributed by atoms with Gasteiger partial charge in [-0.1, -0.05) is 34.5 Å². The first kappa shape index (κ1) is 23.6. The highest BCUT2D eigenvalue weighted by molar-refractivity contribution is 7.22. The van der Waals surface area contributed by atoms with Gasteiger partial charge in [-0.3, -0.25) is 9.69 Å². The molecule has 0 fully saturated rings. The number of benzene rings is 2. The van der Waals surface area contributed by atoms with Crippen LogP contribution in [0, 0.1) is 0 Å². The summed E-state index contributed by atoms with van der Waals surface area (Å²) in [6.07, 6.45) is 0.806.